The van der Waals surface area contributed by atoms with Gasteiger partial charge in [0.05, 0.1) is 6.04 Å². The summed E-state index contributed by atoms with van der Waals surface area (Å²) < 4.78 is 2.22. The van der Waals surface area contributed by atoms with E-state index in [0.29, 0.717) is 12.0 Å². The van der Waals surface area contributed by atoms with E-state index in [2.05, 4.69) is 37.2 Å². The molecule has 0 unspecified atom stereocenters. The van der Waals surface area contributed by atoms with Gasteiger partial charge in [-0.05, 0) is 36.6 Å². The fraction of sp³-hybridized carbons (Fsp3) is 0.292. The van der Waals surface area contributed by atoms with Crippen LogP contribution in [-0.2, 0) is 19.4 Å². The first kappa shape index (κ1) is 18.6. The van der Waals surface area contributed by atoms with Crippen LogP contribution in [0.25, 0.3) is 10.9 Å². The van der Waals surface area contributed by atoms with E-state index in [0.717, 1.165) is 48.5 Å². The van der Waals surface area contributed by atoms with Crippen molar-refractivity contribution < 1.29 is 4.79 Å². The number of aromatic amines is 1. The zero-order valence-electron chi connectivity index (χ0n) is 16.8. The number of H-pyrrole nitrogens is 1. The van der Waals surface area contributed by atoms with Gasteiger partial charge < -0.3 is 14.9 Å². The summed E-state index contributed by atoms with van der Waals surface area (Å²) in [5.41, 5.74) is 2.91. The van der Waals surface area contributed by atoms with Crippen molar-refractivity contribution >= 4 is 16.8 Å². The molecule has 0 bridgehead atoms. The predicted octanol–water partition coefficient (Wildman–Crippen LogP) is 4.20. The minimum atomic E-state index is -0.253. The lowest BCUT2D eigenvalue weighted by molar-refractivity contribution is 0.0934. The van der Waals surface area contributed by atoms with Gasteiger partial charge in [-0.2, -0.15) is 0 Å². The van der Waals surface area contributed by atoms with Gasteiger partial charge in [0.2, 0.25) is 0 Å². The number of hydrogen-bond donors (Lipinski definition) is 2. The first-order valence-electron chi connectivity index (χ1n) is 10.6. The van der Waals surface area contributed by atoms with E-state index < -0.39 is 0 Å². The van der Waals surface area contributed by atoms with E-state index in [1.165, 1.54) is 11.8 Å². The molecule has 5 rings (SSSR count). The van der Waals surface area contributed by atoms with Gasteiger partial charge in [-0.25, -0.2) is 0 Å². The molecular formula is C24H25N5O. The second-order valence-corrected chi connectivity index (χ2v) is 7.89. The Labute approximate surface area is 175 Å². The van der Waals surface area contributed by atoms with Crippen LogP contribution in [0.1, 0.15) is 52.9 Å². The quantitative estimate of drug-likeness (QED) is 0.528. The molecule has 6 nitrogen and oxygen atoms in total. The van der Waals surface area contributed by atoms with E-state index in [9.17, 15) is 4.79 Å². The number of hydrogen-bond acceptors (Lipinski definition) is 3. The van der Waals surface area contributed by atoms with Gasteiger partial charge in [0.1, 0.15) is 5.82 Å². The fourth-order valence-corrected chi connectivity index (χ4v) is 4.32. The number of aryl methyl sites for hydroxylation is 1. The fourth-order valence-electron chi connectivity index (χ4n) is 4.32. The molecule has 30 heavy (non-hydrogen) atoms. The van der Waals surface area contributed by atoms with Crippen molar-refractivity contribution in [2.75, 3.05) is 0 Å². The topological polar surface area (TPSA) is 75.6 Å². The van der Waals surface area contributed by atoms with Crippen LogP contribution in [0.3, 0.4) is 0 Å². The number of amides is 1. The third kappa shape index (κ3) is 3.61. The molecule has 1 amide bonds. The van der Waals surface area contributed by atoms with Gasteiger partial charge in [0, 0.05) is 42.0 Å². The van der Waals surface area contributed by atoms with E-state index >= 15 is 0 Å². The van der Waals surface area contributed by atoms with Gasteiger partial charge in [0.15, 0.2) is 5.82 Å². The van der Waals surface area contributed by atoms with E-state index in [1.807, 2.05) is 48.7 Å². The minimum absolute atomic E-state index is 0.0913. The summed E-state index contributed by atoms with van der Waals surface area (Å²) in [5, 5.41) is 13.4. The Balaban J connectivity index is 1.51. The molecule has 0 saturated heterocycles. The molecule has 4 aromatic rings. The van der Waals surface area contributed by atoms with Crippen molar-refractivity contribution in [1.82, 2.24) is 25.1 Å². The Hall–Kier alpha value is -3.41. The standard InChI is InChI=1S/C24H25N5O/c30-24(17-9-3-1-4-10-17)26-21(15-18-16-25-20-12-7-6-11-19(18)20)23-28-27-22-13-5-2-8-14-29(22)23/h1,3-4,6-7,9-12,16,21,25H,2,5,8,13-15H2,(H,26,30)/t21-/m1/s1. The number of nitrogens with one attached hydrogen (secondary N) is 2. The van der Waals surface area contributed by atoms with Gasteiger partial charge in [-0.3, -0.25) is 4.79 Å². The molecule has 2 aromatic carbocycles. The molecule has 0 fully saturated rings. The Morgan fingerprint density at radius 3 is 2.77 bits per heavy atom. The molecule has 2 aromatic heterocycles. The van der Waals surface area contributed by atoms with Crippen LogP contribution in [0.15, 0.2) is 60.8 Å². The molecule has 2 N–H and O–H groups in total. The average molecular weight is 399 g/mol. The maximum atomic E-state index is 13.0. The van der Waals surface area contributed by atoms with Gasteiger partial charge >= 0.3 is 0 Å². The SMILES string of the molecule is O=C(N[C@H](Cc1c[nH]c2ccccc12)c1nnc2n1CCCCC2)c1ccccc1. The second-order valence-electron chi connectivity index (χ2n) is 7.89. The van der Waals surface area contributed by atoms with E-state index in [4.69, 9.17) is 0 Å². The molecule has 0 aliphatic carbocycles. The molecule has 0 radical (unpaired) electrons. The summed E-state index contributed by atoms with van der Waals surface area (Å²) in [6, 6.07) is 17.3. The van der Waals surface area contributed by atoms with Crippen LogP contribution in [0.5, 0.6) is 0 Å². The number of rotatable bonds is 5. The molecule has 6 heteroatoms. The maximum absolute atomic E-state index is 13.0. The summed E-state index contributed by atoms with van der Waals surface area (Å²) in [5.74, 6) is 1.79. The minimum Gasteiger partial charge on any atom is -0.361 e. The summed E-state index contributed by atoms with van der Waals surface area (Å²) in [6.07, 6.45) is 7.09. The van der Waals surface area contributed by atoms with E-state index in [-0.39, 0.29) is 11.9 Å². The highest BCUT2D eigenvalue weighted by Gasteiger charge is 2.25. The lowest BCUT2D eigenvalue weighted by Gasteiger charge is -2.19. The van der Waals surface area contributed by atoms with Crippen molar-refractivity contribution in [3.05, 3.63) is 83.6 Å². The third-order valence-electron chi connectivity index (χ3n) is 5.89. The summed E-state index contributed by atoms with van der Waals surface area (Å²) in [6.45, 7) is 0.906. The summed E-state index contributed by atoms with van der Waals surface area (Å²) in [7, 11) is 0. The number of fused-ring (bicyclic) bond motifs is 2. The monoisotopic (exact) mass is 399 g/mol. The number of aromatic nitrogens is 4. The highest BCUT2D eigenvalue weighted by atomic mass is 16.1. The van der Waals surface area contributed by atoms with Crippen LogP contribution in [0, 0.1) is 0 Å². The molecule has 0 spiro atoms. The number of benzene rings is 2. The number of carbonyl (C=O) groups is 1. The van der Waals surface area contributed by atoms with Crippen molar-refractivity contribution in [2.24, 2.45) is 0 Å². The molecule has 0 saturated carbocycles. The lowest BCUT2D eigenvalue weighted by atomic mass is 10.0. The predicted molar refractivity (Wildman–Crippen MR) is 116 cm³/mol. The zero-order chi connectivity index (χ0) is 20.3. The largest absolute Gasteiger partial charge is 0.361 e. The number of carbonyl (C=O) groups excluding carboxylic acids is 1. The van der Waals surface area contributed by atoms with Crippen molar-refractivity contribution in [3.8, 4) is 0 Å². The van der Waals surface area contributed by atoms with Crippen LogP contribution in [0.2, 0.25) is 0 Å². The third-order valence-corrected chi connectivity index (χ3v) is 5.89. The summed E-state index contributed by atoms with van der Waals surface area (Å²) >= 11 is 0. The molecular weight excluding hydrogens is 374 g/mol. The van der Waals surface area contributed by atoms with Gasteiger partial charge in [-0.1, -0.05) is 42.8 Å². The highest BCUT2D eigenvalue weighted by molar-refractivity contribution is 5.94. The van der Waals surface area contributed by atoms with Crippen molar-refractivity contribution in [1.29, 1.82) is 0 Å². The van der Waals surface area contributed by atoms with Crippen LogP contribution in [-0.4, -0.2) is 25.7 Å². The molecule has 152 valence electrons. The van der Waals surface area contributed by atoms with Gasteiger partial charge in [-0.15, -0.1) is 10.2 Å². The Bertz CT molecular complexity index is 1160. The number of para-hydroxylation sites is 1. The van der Waals surface area contributed by atoms with Gasteiger partial charge in [0.25, 0.3) is 5.91 Å². The Morgan fingerprint density at radius 2 is 1.87 bits per heavy atom. The molecule has 1 aliphatic heterocycles. The average Bonchev–Trinajstić information content (AvgIpc) is 3.30. The Kier molecular flexibility index (Phi) is 5.05. The normalized spacial score (nSPS) is 14.8. The summed E-state index contributed by atoms with van der Waals surface area (Å²) in [4.78, 5) is 16.3. The van der Waals surface area contributed by atoms with Crippen LogP contribution >= 0.6 is 0 Å². The molecule has 1 atom stereocenters. The van der Waals surface area contributed by atoms with E-state index in [1.54, 1.807) is 0 Å². The highest BCUT2D eigenvalue weighted by Crippen LogP contribution is 2.26. The van der Waals surface area contributed by atoms with Crippen molar-refractivity contribution in [2.45, 2.75) is 44.7 Å². The molecule has 3 heterocycles. The first-order chi connectivity index (χ1) is 14.8. The Morgan fingerprint density at radius 1 is 1.03 bits per heavy atom. The first-order valence-corrected chi connectivity index (χ1v) is 10.6. The molecule has 1 aliphatic rings. The lowest BCUT2D eigenvalue weighted by Crippen LogP contribution is -2.32. The number of nitrogens with zero attached hydrogens (tertiary/aromatic N) is 3. The smallest absolute Gasteiger partial charge is 0.251 e. The van der Waals surface area contributed by atoms with Crippen molar-refractivity contribution in [3.63, 3.8) is 0 Å². The van der Waals surface area contributed by atoms with Crippen LogP contribution < -0.4 is 5.32 Å². The zero-order valence-corrected chi connectivity index (χ0v) is 16.8. The van der Waals surface area contributed by atoms with Crippen LogP contribution in [0.4, 0.5) is 0 Å². The maximum Gasteiger partial charge on any atom is 0.251 e. The second kappa shape index (κ2) is 8.14.